The summed E-state index contributed by atoms with van der Waals surface area (Å²) < 4.78 is 11.9. The van der Waals surface area contributed by atoms with Crippen LogP contribution in [0.4, 0.5) is 0 Å². The molecule has 9 aromatic rings. The molecule has 0 N–H and O–H groups in total. The summed E-state index contributed by atoms with van der Waals surface area (Å²) in [5, 5.41) is 3.20. The Morgan fingerprint density at radius 3 is 1.35 bits per heavy atom. The van der Waals surface area contributed by atoms with Crippen molar-refractivity contribution in [1.82, 2.24) is 17.9 Å². The van der Waals surface area contributed by atoms with E-state index in [1.165, 1.54) is 172 Å². The van der Waals surface area contributed by atoms with Crippen LogP contribution < -0.4 is 16.4 Å². The fourth-order valence-electron chi connectivity index (χ4n) is 28.6. The Hall–Kier alpha value is -5.16. The molecule has 0 amide bonds. The number of hydrogen-bond acceptors (Lipinski definition) is 0. The van der Waals surface area contributed by atoms with Gasteiger partial charge in [0.25, 0.3) is 6.71 Å². The van der Waals surface area contributed by atoms with Crippen LogP contribution in [0.15, 0.2) is 60.7 Å². The average molecular weight is 1050 g/mol. The summed E-state index contributed by atoms with van der Waals surface area (Å²) in [6, 6.07) is 28.7. The minimum absolute atomic E-state index is 0.0302. The van der Waals surface area contributed by atoms with Gasteiger partial charge in [0.05, 0.1) is 33.1 Å². The van der Waals surface area contributed by atoms with Gasteiger partial charge in [-0.15, -0.1) is 0 Å². The zero-order chi connectivity index (χ0) is 51.5. The summed E-state index contributed by atoms with van der Waals surface area (Å²) in [7, 11) is 0. The maximum absolute atomic E-state index is 2.97. The van der Waals surface area contributed by atoms with Gasteiger partial charge < -0.3 is 0 Å². The highest BCUT2D eigenvalue weighted by molar-refractivity contribution is 7.02. The van der Waals surface area contributed by atoms with E-state index in [1.54, 1.807) is 82.7 Å². The Bertz CT molecular complexity index is 4740. The fraction of sp³-hybridized carbons (Fsp3) is 0.553. The first kappa shape index (κ1) is 41.8. The third-order valence-corrected chi connectivity index (χ3v) is 31.4. The summed E-state index contributed by atoms with van der Waals surface area (Å²) in [5.74, 6) is 13.5. The molecule has 17 unspecified atom stereocenters. The van der Waals surface area contributed by atoms with Crippen LogP contribution >= 0.6 is 0 Å². The largest absolute Gasteiger partial charge is 0.295 e. The number of hydrogen-bond donors (Lipinski definition) is 0. The van der Waals surface area contributed by atoms with Crippen molar-refractivity contribution in [3.05, 3.63) is 111 Å². The fourth-order valence-corrected chi connectivity index (χ4v) is 28.6. The van der Waals surface area contributed by atoms with Crippen molar-refractivity contribution in [3.63, 3.8) is 0 Å². The van der Waals surface area contributed by atoms with E-state index >= 15 is 0 Å². The molecule has 27 rings (SSSR count). The van der Waals surface area contributed by atoms with Crippen LogP contribution in [0.3, 0.4) is 0 Å². The molecule has 5 aromatic carbocycles. The molecule has 11 fully saturated rings. The van der Waals surface area contributed by atoms with Crippen molar-refractivity contribution in [1.29, 1.82) is 0 Å². The van der Waals surface area contributed by atoms with Crippen LogP contribution in [0, 0.1) is 63.6 Å². The molecule has 0 saturated heterocycles. The summed E-state index contributed by atoms with van der Waals surface area (Å²) >= 11 is 0. The van der Waals surface area contributed by atoms with Crippen LogP contribution in [0.5, 0.6) is 0 Å². The second-order valence-corrected chi connectivity index (χ2v) is 34.7. The molecule has 3 spiro atoms. The van der Waals surface area contributed by atoms with Gasteiger partial charge in [0, 0.05) is 11.4 Å². The molecule has 18 aliphatic rings. The van der Waals surface area contributed by atoms with Crippen molar-refractivity contribution >= 4 is 78.3 Å². The minimum Gasteiger partial charge on any atom is -0.295 e. The lowest BCUT2D eigenvalue weighted by Crippen LogP contribution is -2.59. The van der Waals surface area contributed by atoms with E-state index in [9.17, 15) is 0 Å². The number of fused-ring (bicyclic) bond motifs is 30. The summed E-state index contributed by atoms with van der Waals surface area (Å²) in [4.78, 5) is 0. The molecule has 4 nitrogen and oxygen atoms in total. The van der Waals surface area contributed by atoms with E-state index in [2.05, 4.69) is 99.4 Å². The number of rotatable bonds is 0. The van der Waals surface area contributed by atoms with Crippen LogP contribution in [-0.4, -0.2) is 24.6 Å². The number of aromatic nitrogens is 4. The van der Waals surface area contributed by atoms with E-state index < -0.39 is 0 Å². The summed E-state index contributed by atoms with van der Waals surface area (Å²) in [6.45, 7) is 7.68. The van der Waals surface area contributed by atoms with Gasteiger partial charge in [0.15, 0.2) is 0 Å². The maximum Gasteiger partial charge on any atom is 0.258 e. The molecule has 4 aromatic heterocycles. The van der Waals surface area contributed by atoms with Gasteiger partial charge in [-0.2, -0.15) is 0 Å². The highest BCUT2D eigenvalue weighted by Gasteiger charge is 2.72. The molecule has 0 radical (unpaired) electrons. The first-order valence-corrected chi connectivity index (χ1v) is 34.1. The Kier molecular flexibility index (Phi) is 6.30. The molecule has 6 heterocycles. The molecule has 2 aliphatic heterocycles. The lowest BCUT2D eigenvalue weighted by Gasteiger charge is -2.48. The Morgan fingerprint density at radius 2 is 0.827 bits per heavy atom. The molecule has 400 valence electrons. The van der Waals surface area contributed by atoms with Gasteiger partial charge in [-0.3, -0.25) is 17.9 Å². The molecule has 5 heteroatoms. The molecule has 11 saturated carbocycles. The first-order chi connectivity index (χ1) is 39.5. The third kappa shape index (κ3) is 4.16. The summed E-state index contributed by atoms with van der Waals surface area (Å²) in [5.41, 5.74) is 37.5. The van der Waals surface area contributed by atoms with Crippen LogP contribution in [0.2, 0.25) is 0 Å². The van der Waals surface area contributed by atoms with E-state index in [1.807, 2.05) is 0 Å². The Labute approximate surface area is 474 Å². The SMILES string of the molecule is CC(C)(C)c1cc2c3c(c1)-n1c4cc5c(cc4n4c6cc7c(cc6c(c14)B3c1c3cc4c(cc3n3c6cc8c(cc6n-2c13)C1CC2CC(C1)CC8C2)C1CC2CC3CC4CC32C1)C1CC12CC1CC7CC12)C1CC2CC3CC5CC32C1. The molecule has 17 atom stereocenters. The Balaban J connectivity index is 0.845. The average Bonchev–Trinajstić information content (AvgIpc) is 2.69. The zero-order valence-electron chi connectivity index (χ0n) is 47.8. The predicted octanol–water partition coefficient (Wildman–Crippen LogP) is 16.0. The minimum atomic E-state index is -0.0302. The van der Waals surface area contributed by atoms with Gasteiger partial charge in [0.2, 0.25) is 0 Å². The van der Waals surface area contributed by atoms with Gasteiger partial charge in [0.1, 0.15) is 11.3 Å². The second-order valence-electron chi connectivity index (χ2n) is 34.7. The predicted molar refractivity (Wildman–Crippen MR) is 325 cm³/mol. The van der Waals surface area contributed by atoms with Crippen LogP contribution in [0.25, 0.3) is 66.5 Å². The maximum atomic E-state index is 2.97. The lowest BCUT2D eigenvalue weighted by molar-refractivity contribution is 0.00321. The number of imidazole rings is 2. The molecule has 81 heavy (non-hydrogen) atoms. The highest BCUT2D eigenvalue weighted by Crippen LogP contribution is 2.82. The third-order valence-electron chi connectivity index (χ3n) is 31.4. The standard InChI is InChI=1S/C76H73BN4/c1-73(2,3)43-17-66-70-67(18-43)81-65-26-54-41-13-47-16-46-12-40(29-75(46,47)30-41)53(54)25-63(65)78-60-21-51-37-9-42-31-76(58(42)14-37)32-59(76)55(51)20-57(60)69(72(78)81)77(70)68-56-19-48-38-10-44-15-45-11-39(28-74(44,45)27-38)52(48)22-61(56)79-62-23-49-35-5-33-4-34(6-35)8-36(7-33)50(49)24-64(62)80(66)71(68)79/h17-26,33-42,44-47,58-59H,4-16,27-32H2,1-3H3. The lowest BCUT2D eigenvalue weighted by atomic mass is 9.34. The monoisotopic (exact) mass is 1050 g/mol. The summed E-state index contributed by atoms with van der Waals surface area (Å²) in [6.07, 6.45) is 27.7. The van der Waals surface area contributed by atoms with Crippen molar-refractivity contribution in [3.8, 4) is 11.4 Å². The highest BCUT2D eigenvalue weighted by atomic mass is 15.2. The van der Waals surface area contributed by atoms with E-state index in [-0.39, 0.29) is 12.1 Å². The van der Waals surface area contributed by atoms with E-state index in [0.717, 1.165) is 82.9 Å². The smallest absolute Gasteiger partial charge is 0.258 e. The van der Waals surface area contributed by atoms with Crippen molar-refractivity contribution in [2.75, 3.05) is 0 Å². The van der Waals surface area contributed by atoms with Crippen molar-refractivity contribution < 1.29 is 0 Å². The Morgan fingerprint density at radius 1 is 0.383 bits per heavy atom. The van der Waals surface area contributed by atoms with Crippen LogP contribution in [-0.2, 0) is 5.41 Å². The van der Waals surface area contributed by atoms with Gasteiger partial charge in [-0.1, -0.05) is 20.8 Å². The number of benzene rings is 5. The second kappa shape index (κ2) is 12.2. The van der Waals surface area contributed by atoms with E-state index in [0.29, 0.717) is 28.1 Å². The molecular formula is C76H73BN4. The van der Waals surface area contributed by atoms with Crippen molar-refractivity contribution in [2.45, 2.75) is 196 Å². The van der Waals surface area contributed by atoms with E-state index in [4.69, 9.17) is 0 Å². The molecular weight excluding hydrogens is 980 g/mol. The van der Waals surface area contributed by atoms with Crippen molar-refractivity contribution in [2.24, 2.45) is 63.6 Å². The van der Waals surface area contributed by atoms with Gasteiger partial charge in [-0.05, 0) is 376 Å². The van der Waals surface area contributed by atoms with Gasteiger partial charge in [-0.25, -0.2) is 0 Å². The quantitative estimate of drug-likeness (QED) is 0.135. The number of nitrogens with zero attached hydrogens (tertiary/aromatic N) is 4. The molecule has 16 aliphatic carbocycles. The van der Waals surface area contributed by atoms with Gasteiger partial charge >= 0.3 is 0 Å². The normalized spacial score (nSPS) is 42.4. The van der Waals surface area contributed by atoms with Crippen LogP contribution in [0.1, 0.15) is 240 Å². The zero-order valence-corrected chi connectivity index (χ0v) is 47.8. The topological polar surface area (TPSA) is 18.7 Å². The molecule has 12 bridgehead atoms. The first-order valence-electron chi connectivity index (χ1n) is 34.1.